The molecular formula is C39H45N7O8S. The third-order valence-electron chi connectivity index (χ3n) is 10.9. The van der Waals surface area contributed by atoms with E-state index in [-0.39, 0.29) is 32.4 Å². The van der Waals surface area contributed by atoms with Crippen molar-refractivity contribution in [1.29, 1.82) is 0 Å². The molecule has 4 amide bonds. The van der Waals surface area contributed by atoms with Crippen LogP contribution in [0.2, 0.25) is 0 Å². The summed E-state index contributed by atoms with van der Waals surface area (Å²) in [6, 6.07) is 6.34. The highest BCUT2D eigenvalue weighted by Gasteiger charge is 2.62. The minimum absolute atomic E-state index is 0.0522. The predicted molar refractivity (Wildman–Crippen MR) is 203 cm³/mol. The minimum Gasteiger partial charge on any atom is -0.450 e. The number of carbonyl (C=O) groups excluding carboxylic acids is 4. The van der Waals surface area contributed by atoms with Gasteiger partial charge >= 0.3 is 6.09 Å². The quantitative estimate of drug-likeness (QED) is 0.286. The van der Waals surface area contributed by atoms with Crippen molar-refractivity contribution in [2.75, 3.05) is 13.2 Å². The molecular weight excluding hydrogens is 727 g/mol. The number of ether oxygens (including phenoxy) is 1. The first-order valence-electron chi connectivity index (χ1n) is 18.7. The smallest absolute Gasteiger partial charge is 0.407 e. The van der Waals surface area contributed by atoms with Crippen LogP contribution in [0.5, 0.6) is 0 Å². The lowest BCUT2D eigenvalue weighted by Crippen LogP contribution is -2.59. The molecule has 4 bridgehead atoms. The van der Waals surface area contributed by atoms with Crippen LogP contribution in [0.4, 0.5) is 4.79 Å². The number of hydrogen-bond acceptors (Lipinski definition) is 10. The first-order valence-corrected chi connectivity index (χ1v) is 20.2. The lowest BCUT2D eigenvalue weighted by atomic mass is 9.96. The molecule has 3 fully saturated rings. The number of carbonyl (C=O) groups is 4. The summed E-state index contributed by atoms with van der Waals surface area (Å²) in [6.07, 6.45) is 10.1. The van der Waals surface area contributed by atoms with Gasteiger partial charge in [0.05, 0.1) is 29.6 Å². The molecule has 3 aromatic rings. The van der Waals surface area contributed by atoms with Gasteiger partial charge in [-0.2, -0.15) is 5.10 Å². The Bertz CT molecular complexity index is 2250. The van der Waals surface area contributed by atoms with Gasteiger partial charge in [-0.1, -0.05) is 50.3 Å². The topological polar surface area (TPSA) is 199 Å². The largest absolute Gasteiger partial charge is 0.450 e. The first-order chi connectivity index (χ1) is 26.3. The van der Waals surface area contributed by atoms with Crippen LogP contribution < -0.4 is 20.9 Å². The van der Waals surface area contributed by atoms with Crippen molar-refractivity contribution in [1.82, 2.24) is 35.0 Å². The van der Waals surface area contributed by atoms with Gasteiger partial charge in [0.15, 0.2) is 0 Å². The zero-order valence-electron chi connectivity index (χ0n) is 30.8. The van der Waals surface area contributed by atoms with E-state index in [2.05, 4.69) is 32.0 Å². The maximum Gasteiger partial charge on any atom is 0.407 e. The SMILES string of the molecule is C=C[C@@H]1C[C@]1(NC(=O)[C@@H]1CC2CN1C(=O)[C@H](C(C)C)NC(=O)OCCC/C=C/Cc1c(-c3cccc4ncccc34)cnn2c1=O)C(=O)NS(=O)(=O)C1CC1. The van der Waals surface area contributed by atoms with E-state index in [1.54, 1.807) is 26.2 Å². The Hall–Kier alpha value is -5.38. The molecule has 1 aromatic carbocycles. The molecule has 1 saturated heterocycles. The molecule has 16 heteroatoms. The van der Waals surface area contributed by atoms with Gasteiger partial charge in [0.2, 0.25) is 21.8 Å². The van der Waals surface area contributed by atoms with Crippen LogP contribution in [0.25, 0.3) is 22.0 Å². The van der Waals surface area contributed by atoms with Gasteiger partial charge in [0, 0.05) is 41.6 Å². The highest BCUT2D eigenvalue weighted by molar-refractivity contribution is 7.91. The van der Waals surface area contributed by atoms with Crippen molar-refractivity contribution in [3.63, 3.8) is 0 Å². The molecule has 2 saturated carbocycles. The molecule has 2 aliphatic carbocycles. The van der Waals surface area contributed by atoms with Gasteiger partial charge in [-0.3, -0.25) is 28.9 Å². The molecule has 0 radical (unpaired) electrons. The van der Waals surface area contributed by atoms with E-state index in [0.717, 1.165) is 16.5 Å². The number of rotatable bonds is 8. The summed E-state index contributed by atoms with van der Waals surface area (Å²) in [5.41, 5.74) is 0.638. The number of pyridine rings is 1. The van der Waals surface area contributed by atoms with E-state index in [4.69, 9.17) is 4.74 Å². The molecule has 3 N–H and O–H groups in total. The van der Waals surface area contributed by atoms with Crippen LogP contribution in [0, 0.1) is 11.8 Å². The maximum atomic E-state index is 14.6. The number of fused-ring (bicyclic) bond motifs is 6. The number of cyclic esters (lactones) is 1. The number of amides is 4. The second kappa shape index (κ2) is 15.0. The van der Waals surface area contributed by atoms with Gasteiger partial charge in [-0.05, 0) is 62.1 Å². The number of hydrogen-bond donors (Lipinski definition) is 3. The van der Waals surface area contributed by atoms with E-state index < -0.39 is 80.1 Å². The van der Waals surface area contributed by atoms with Crippen molar-refractivity contribution in [3.8, 4) is 11.1 Å². The van der Waals surface area contributed by atoms with Crippen LogP contribution in [0.3, 0.4) is 0 Å². The molecule has 290 valence electrons. The fraction of sp³-hybridized carbons (Fsp3) is 0.462. The molecule has 5 atom stereocenters. The monoisotopic (exact) mass is 771 g/mol. The van der Waals surface area contributed by atoms with Crippen LogP contribution in [0.1, 0.15) is 64.0 Å². The molecule has 4 aliphatic rings. The molecule has 55 heavy (non-hydrogen) atoms. The normalized spacial score (nSPS) is 26.4. The van der Waals surface area contributed by atoms with Gasteiger partial charge in [0.1, 0.15) is 17.6 Å². The highest BCUT2D eigenvalue weighted by atomic mass is 32.2. The second-order valence-electron chi connectivity index (χ2n) is 15.1. The average molecular weight is 772 g/mol. The van der Waals surface area contributed by atoms with E-state index in [1.807, 2.05) is 42.5 Å². The lowest BCUT2D eigenvalue weighted by Gasteiger charge is -2.31. The van der Waals surface area contributed by atoms with E-state index >= 15 is 0 Å². The summed E-state index contributed by atoms with van der Waals surface area (Å²) >= 11 is 0. The van der Waals surface area contributed by atoms with Crippen molar-refractivity contribution in [3.05, 3.63) is 83.4 Å². The summed E-state index contributed by atoms with van der Waals surface area (Å²) < 4.78 is 34.3. The van der Waals surface area contributed by atoms with Crippen molar-refractivity contribution in [2.24, 2.45) is 11.8 Å². The molecule has 4 heterocycles. The van der Waals surface area contributed by atoms with Gasteiger partial charge in [-0.25, -0.2) is 17.9 Å². The molecule has 1 unspecified atom stereocenters. The van der Waals surface area contributed by atoms with Crippen LogP contribution in [-0.2, 0) is 35.6 Å². The molecule has 0 spiro atoms. The molecule has 7 rings (SSSR count). The standard InChI is InChI=1S/C39H45N7O8S/c1-4-24-20-39(24,37(50)44-55(52,53)26-15-16-26)43-34(47)32-19-25-22-45(32)36(49)33(23(2)3)42-38(51)54-18-8-6-5-7-11-29-30(21-41-46(25)35(29)48)27-12-9-14-31-28(27)13-10-17-40-31/h4-5,7,9-10,12-14,17,21,23-26,32-33H,1,6,8,11,15-16,18-20,22H2,2-3H3,(H,42,51)(H,43,47)(H,44,50)/b7-5+/t24-,25?,32+,33+,39-/m1/s1. The Labute approximate surface area is 318 Å². The van der Waals surface area contributed by atoms with Gasteiger partial charge < -0.3 is 20.3 Å². The number of nitrogens with zero attached hydrogens (tertiary/aromatic N) is 4. The fourth-order valence-corrected chi connectivity index (χ4v) is 8.94. The number of benzene rings is 1. The van der Waals surface area contributed by atoms with E-state index in [0.29, 0.717) is 36.8 Å². The Morgan fingerprint density at radius 2 is 1.91 bits per heavy atom. The summed E-state index contributed by atoms with van der Waals surface area (Å²) in [5, 5.41) is 10.2. The fourth-order valence-electron chi connectivity index (χ4n) is 7.58. The van der Waals surface area contributed by atoms with Gasteiger partial charge in [0.25, 0.3) is 11.5 Å². The summed E-state index contributed by atoms with van der Waals surface area (Å²) in [6.45, 7) is 7.24. The molecule has 15 nitrogen and oxygen atoms in total. The highest BCUT2D eigenvalue weighted by Crippen LogP contribution is 2.45. The second-order valence-corrected chi connectivity index (χ2v) is 17.0. The Balaban J connectivity index is 1.28. The zero-order valence-corrected chi connectivity index (χ0v) is 31.6. The summed E-state index contributed by atoms with van der Waals surface area (Å²) in [4.78, 5) is 75.5. The van der Waals surface area contributed by atoms with E-state index in [9.17, 15) is 32.4 Å². The Morgan fingerprint density at radius 1 is 1.11 bits per heavy atom. The van der Waals surface area contributed by atoms with Crippen molar-refractivity contribution in [2.45, 2.75) is 87.7 Å². The average Bonchev–Trinajstić information content (AvgIpc) is 4.09. The molecule has 2 aromatic heterocycles. The number of alkyl carbamates (subject to hydrolysis) is 1. The third-order valence-corrected chi connectivity index (χ3v) is 12.8. The third kappa shape index (κ3) is 7.51. The Morgan fingerprint density at radius 3 is 2.64 bits per heavy atom. The van der Waals surface area contributed by atoms with Gasteiger partial charge in [-0.15, -0.1) is 6.58 Å². The van der Waals surface area contributed by atoms with Crippen LogP contribution in [0.15, 0.2) is 72.3 Å². The molecule has 2 aliphatic heterocycles. The van der Waals surface area contributed by atoms with E-state index in [1.165, 1.54) is 15.7 Å². The van der Waals surface area contributed by atoms with Crippen LogP contribution >= 0.6 is 0 Å². The van der Waals surface area contributed by atoms with Crippen molar-refractivity contribution < 1.29 is 32.3 Å². The predicted octanol–water partition coefficient (Wildman–Crippen LogP) is 2.91. The Kier molecular flexibility index (Phi) is 10.4. The number of allylic oxidation sites excluding steroid dienone is 2. The minimum atomic E-state index is -3.93. The van der Waals surface area contributed by atoms with Crippen LogP contribution in [-0.4, -0.2) is 87.9 Å². The number of nitrogens with one attached hydrogen (secondary N) is 3. The first kappa shape index (κ1) is 37.9. The maximum absolute atomic E-state index is 14.6. The summed E-state index contributed by atoms with van der Waals surface area (Å²) in [5.74, 6) is -3.14. The van der Waals surface area contributed by atoms with Crippen molar-refractivity contribution >= 4 is 44.7 Å². The lowest BCUT2D eigenvalue weighted by molar-refractivity contribution is -0.141. The zero-order chi connectivity index (χ0) is 39.1. The number of aromatic nitrogens is 3. The number of sulfonamides is 1. The summed E-state index contributed by atoms with van der Waals surface area (Å²) in [7, 11) is -3.93.